The minimum Gasteiger partial charge on any atom is -0.324 e. The second-order valence-corrected chi connectivity index (χ2v) is 4.15. The fraction of sp³-hybridized carbons (Fsp3) is 0.154. The molecule has 1 aromatic heterocycles. The number of nitrogens with zero attached hydrogens (tertiary/aromatic N) is 2. The highest BCUT2D eigenvalue weighted by Crippen LogP contribution is 2.30. The summed E-state index contributed by atoms with van der Waals surface area (Å²) in [6.07, 6.45) is -3.16. The van der Waals surface area contributed by atoms with E-state index in [0.29, 0.717) is 0 Å². The maximum Gasteiger partial charge on any atom is 0.416 e. The maximum absolute atomic E-state index is 12.5. The van der Waals surface area contributed by atoms with Crippen molar-refractivity contribution in [2.75, 3.05) is 5.32 Å². The third kappa shape index (κ3) is 3.91. The molecule has 110 valence electrons. The van der Waals surface area contributed by atoms with E-state index < -0.39 is 23.2 Å². The second kappa shape index (κ2) is 5.78. The molecule has 0 aliphatic rings. The number of aromatic nitrogens is 2. The fourth-order valence-electron chi connectivity index (χ4n) is 1.62. The Morgan fingerprint density at radius 3 is 2.67 bits per heavy atom. The normalized spacial score (nSPS) is 11.2. The van der Waals surface area contributed by atoms with Crippen molar-refractivity contribution in [1.29, 1.82) is 0 Å². The van der Waals surface area contributed by atoms with E-state index in [1.807, 2.05) is 0 Å². The summed E-state index contributed by atoms with van der Waals surface area (Å²) >= 11 is 0. The number of halogens is 3. The Labute approximate surface area is 117 Å². The predicted octanol–water partition coefficient (Wildman–Crippen LogP) is 1.90. The number of rotatable bonds is 3. The van der Waals surface area contributed by atoms with E-state index >= 15 is 0 Å². The Kier molecular flexibility index (Phi) is 4.06. The molecular weight excluding hydrogens is 287 g/mol. The van der Waals surface area contributed by atoms with Gasteiger partial charge in [0, 0.05) is 18.0 Å². The Balaban J connectivity index is 2.10. The zero-order chi connectivity index (χ0) is 15.5. The zero-order valence-electron chi connectivity index (χ0n) is 10.6. The summed E-state index contributed by atoms with van der Waals surface area (Å²) in [5, 5.41) is 5.97. The molecule has 5 nitrogen and oxygen atoms in total. The van der Waals surface area contributed by atoms with Gasteiger partial charge in [-0.1, -0.05) is 6.07 Å². The van der Waals surface area contributed by atoms with Crippen molar-refractivity contribution >= 4 is 11.6 Å². The van der Waals surface area contributed by atoms with Crippen LogP contribution in [0.25, 0.3) is 0 Å². The fourth-order valence-corrected chi connectivity index (χ4v) is 1.62. The van der Waals surface area contributed by atoms with Crippen LogP contribution in [0, 0.1) is 0 Å². The molecule has 0 saturated carbocycles. The van der Waals surface area contributed by atoms with Gasteiger partial charge in [0.25, 0.3) is 5.56 Å². The predicted molar refractivity (Wildman–Crippen MR) is 68.6 cm³/mol. The molecule has 0 atom stereocenters. The molecule has 0 bridgehead atoms. The van der Waals surface area contributed by atoms with Crippen LogP contribution in [0.2, 0.25) is 0 Å². The Bertz CT molecular complexity index is 710. The third-order valence-corrected chi connectivity index (χ3v) is 2.55. The number of carbonyl (C=O) groups excluding carboxylic acids is 1. The molecule has 0 saturated heterocycles. The van der Waals surface area contributed by atoms with Crippen LogP contribution in [-0.4, -0.2) is 15.7 Å². The van der Waals surface area contributed by atoms with Gasteiger partial charge in [-0.3, -0.25) is 9.59 Å². The molecule has 21 heavy (non-hydrogen) atoms. The quantitative estimate of drug-likeness (QED) is 0.941. The highest BCUT2D eigenvalue weighted by Gasteiger charge is 2.30. The van der Waals surface area contributed by atoms with Crippen LogP contribution in [-0.2, 0) is 17.5 Å². The third-order valence-electron chi connectivity index (χ3n) is 2.55. The van der Waals surface area contributed by atoms with Crippen LogP contribution < -0.4 is 10.9 Å². The van der Waals surface area contributed by atoms with E-state index in [-0.39, 0.29) is 12.2 Å². The maximum atomic E-state index is 12.5. The highest BCUT2D eigenvalue weighted by atomic mass is 19.4. The second-order valence-electron chi connectivity index (χ2n) is 4.15. The van der Waals surface area contributed by atoms with Crippen molar-refractivity contribution in [3.63, 3.8) is 0 Å². The van der Waals surface area contributed by atoms with Crippen molar-refractivity contribution in [2.24, 2.45) is 0 Å². The number of amides is 1. The molecule has 0 aliphatic carbocycles. The summed E-state index contributed by atoms with van der Waals surface area (Å²) in [7, 11) is 0. The number of nitrogens with one attached hydrogen (secondary N) is 1. The summed E-state index contributed by atoms with van der Waals surface area (Å²) in [6.45, 7) is -0.379. The minimum atomic E-state index is -4.49. The van der Waals surface area contributed by atoms with E-state index in [9.17, 15) is 22.8 Å². The molecule has 0 fully saturated rings. The van der Waals surface area contributed by atoms with Gasteiger partial charge in [0.2, 0.25) is 5.91 Å². The molecule has 0 spiro atoms. The van der Waals surface area contributed by atoms with Crippen molar-refractivity contribution in [2.45, 2.75) is 12.7 Å². The highest BCUT2D eigenvalue weighted by molar-refractivity contribution is 5.90. The lowest BCUT2D eigenvalue weighted by molar-refractivity contribution is -0.137. The number of carbonyl (C=O) groups is 1. The van der Waals surface area contributed by atoms with Gasteiger partial charge in [-0.15, -0.1) is 0 Å². The average molecular weight is 297 g/mol. The van der Waals surface area contributed by atoms with Crippen LogP contribution in [0.15, 0.2) is 47.4 Å². The van der Waals surface area contributed by atoms with Gasteiger partial charge in [0.05, 0.1) is 5.56 Å². The van der Waals surface area contributed by atoms with Gasteiger partial charge < -0.3 is 5.32 Å². The Morgan fingerprint density at radius 1 is 1.24 bits per heavy atom. The molecule has 8 heteroatoms. The number of hydrogen-bond donors (Lipinski definition) is 1. The lowest BCUT2D eigenvalue weighted by Gasteiger charge is -2.10. The molecule has 1 N–H and O–H groups in total. The van der Waals surface area contributed by atoms with Crippen LogP contribution in [0.1, 0.15) is 5.56 Å². The molecule has 0 radical (unpaired) electrons. The SMILES string of the molecule is O=C(Cn1ncccc1=O)Nc1cccc(C(F)(F)F)c1. The minimum absolute atomic E-state index is 0.00111. The molecule has 0 unspecified atom stereocenters. The number of alkyl halides is 3. The number of benzene rings is 1. The van der Waals surface area contributed by atoms with Crippen LogP contribution >= 0.6 is 0 Å². The average Bonchev–Trinajstić information content (AvgIpc) is 2.41. The van der Waals surface area contributed by atoms with E-state index in [1.54, 1.807) is 0 Å². The van der Waals surface area contributed by atoms with E-state index in [0.717, 1.165) is 16.8 Å². The smallest absolute Gasteiger partial charge is 0.324 e. The first kappa shape index (κ1) is 14.8. The molecule has 0 aliphatic heterocycles. The van der Waals surface area contributed by atoms with Crippen molar-refractivity contribution in [3.05, 3.63) is 58.5 Å². The molecule has 2 aromatic rings. The van der Waals surface area contributed by atoms with Crippen LogP contribution in [0.5, 0.6) is 0 Å². The van der Waals surface area contributed by atoms with Crippen molar-refractivity contribution in [3.8, 4) is 0 Å². The van der Waals surface area contributed by atoms with Gasteiger partial charge in [-0.05, 0) is 24.3 Å². The topological polar surface area (TPSA) is 64.0 Å². The molecular formula is C13H10F3N3O2. The summed E-state index contributed by atoms with van der Waals surface area (Å²) in [5.41, 5.74) is -1.34. The summed E-state index contributed by atoms with van der Waals surface area (Å²) in [6, 6.07) is 6.88. The first-order valence-electron chi connectivity index (χ1n) is 5.85. The van der Waals surface area contributed by atoms with Gasteiger partial charge in [-0.2, -0.15) is 18.3 Å². The number of anilines is 1. The first-order valence-corrected chi connectivity index (χ1v) is 5.85. The molecule has 1 aromatic carbocycles. The van der Waals surface area contributed by atoms with Gasteiger partial charge in [0.15, 0.2) is 0 Å². The summed E-state index contributed by atoms with van der Waals surface area (Å²) < 4.78 is 38.5. The monoisotopic (exact) mass is 297 g/mol. The van der Waals surface area contributed by atoms with E-state index in [1.165, 1.54) is 30.5 Å². The molecule has 1 heterocycles. The van der Waals surface area contributed by atoms with Gasteiger partial charge in [-0.25, -0.2) is 4.68 Å². The van der Waals surface area contributed by atoms with E-state index in [4.69, 9.17) is 0 Å². The van der Waals surface area contributed by atoms with Crippen molar-refractivity contribution < 1.29 is 18.0 Å². The van der Waals surface area contributed by atoms with Gasteiger partial charge in [0.1, 0.15) is 6.54 Å². The Morgan fingerprint density at radius 2 is 2.00 bits per heavy atom. The standard InChI is InChI=1S/C13H10F3N3O2/c14-13(15,16)9-3-1-4-10(7-9)18-11(20)8-19-12(21)5-2-6-17-19/h1-7H,8H2,(H,18,20). The van der Waals surface area contributed by atoms with Crippen LogP contribution in [0.3, 0.4) is 0 Å². The van der Waals surface area contributed by atoms with Gasteiger partial charge >= 0.3 is 6.18 Å². The van der Waals surface area contributed by atoms with Crippen molar-refractivity contribution in [1.82, 2.24) is 9.78 Å². The first-order chi connectivity index (χ1) is 9.86. The summed E-state index contributed by atoms with van der Waals surface area (Å²) in [4.78, 5) is 23.1. The molecule has 1 amide bonds. The summed E-state index contributed by atoms with van der Waals surface area (Å²) in [5.74, 6) is -0.643. The lowest BCUT2D eigenvalue weighted by atomic mass is 10.2. The largest absolute Gasteiger partial charge is 0.416 e. The lowest BCUT2D eigenvalue weighted by Crippen LogP contribution is -2.28. The zero-order valence-corrected chi connectivity index (χ0v) is 10.6. The Hall–Kier alpha value is -2.64. The van der Waals surface area contributed by atoms with Crippen LogP contribution in [0.4, 0.5) is 18.9 Å². The number of hydrogen-bond acceptors (Lipinski definition) is 3. The molecule has 2 rings (SSSR count). The van der Waals surface area contributed by atoms with E-state index in [2.05, 4.69) is 10.4 Å².